The highest BCUT2D eigenvalue weighted by Gasteiger charge is 2.10. The standard InChI is InChI=1S/C18H23NO3/c1-15-10-11-17(22-15)13-19(2)18(20)9-6-12-21-14-16-7-4-3-5-8-16/h3-5,7-8,10-11H,6,9,12-14H2,1-2H3. The average Bonchev–Trinajstić information content (AvgIpc) is 2.92. The number of carbonyl (C=O) groups excluding carboxylic acids is 1. The molecule has 118 valence electrons. The molecule has 0 saturated heterocycles. The number of aryl methyl sites for hydroxylation is 1. The molecule has 0 bridgehead atoms. The summed E-state index contributed by atoms with van der Waals surface area (Å²) in [6, 6.07) is 13.8. The van der Waals surface area contributed by atoms with E-state index in [2.05, 4.69) is 0 Å². The molecule has 0 atom stereocenters. The summed E-state index contributed by atoms with van der Waals surface area (Å²) in [7, 11) is 1.80. The van der Waals surface area contributed by atoms with Gasteiger partial charge in [-0.2, -0.15) is 0 Å². The van der Waals surface area contributed by atoms with Crippen molar-refractivity contribution in [1.29, 1.82) is 0 Å². The molecule has 0 spiro atoms. The van der Waals surface area contributed by atoms with Gasteiger partial charge in [0.05, 0.1) is 13.2 Å². The SMILES string of the molecule is Cc1ccc(CN(C)C(=O)CCCOCc2ccccc2)o1. The van der Waals surface area contributed by atoms with Gasteiger partial charge < -0.3 is 14.1 Å². The van der Waals surface area contributed by atoms with Gasteiger partial charge in [-0.15, -0.1) is 0 Å². The molecule has 2 rings (SSSR count). The van der Waals surface area contributed by atoms with E-state index in [1.165, 1.54) is 0 Å². The van der Waals surface area contributed by atoms with Gasteiger partial charge in [0, 0.05) is 20.1 Å². The Labute approximate surface area is 131 Å². The van der Waals surface area contributed by atoms with Crippen LogP contribution in [0.4, 0.5) is 0 Å². The fourth-order valence-electron chi connectivity index (χ4n) is 2.17. The third-order valence-corrected chi connectivity index (χ3v) is 3.41. The van der Waals surface area contributed by atoms with Crippen molar-refractivity contribution in [3.05, 3.63) is 59.5 Å². The number of nitrogens with zero attached hydrogens (tertiary/aromatic N) is 1. The maximum Gasteiger partial charge on any atom is 0.222 e. The zero-order valence-corrected chi connectivity index (χ0v) is 13.2. The minimum Gasteiger partial charge on any atom is -0.464 e. The third kappa shape index (κ3) is 5.37. The Morgan fingerprint density at radius 3 is 2.64 bits per heavy atom. The van der Waals surface area contributed by atoms with Gasteiger partial charge in [-0.3, -0.25) is 4.79 Å². The van der Waals surface area contributed by atoms with Gasteiger partial charge in [-0.25, -0.2) is 0 Å². The average molecular weight is 301 g/mol. The Morgan fingerprint density at radius 2 is 1.95 bits per heavy atom. The first-order valence-electron chi connectivity index (χ1n) is 7.56. The van der Waals surface area contributed by atoms with Crippen LogP contribution >= 0.6 is 0 Å². The van der Waals surface area contributed by atoms with E-state index in [4.69, 9.17) is 9.15 Å². The van der Waals surface area contributed by atoms with Crippen molar-refractivity contribution in [3.8, 4) is 0 Å². The van der Waals surface area contributed by atoms with Crippen molar-refractivity contribution < 1.29 is 13.9 Å². The molecule has 0 aliphatic rings. The molecular formula is C18H23NO3. The van der Waals surface area contributed by atoms with Crippen molar-refractivity contribution in [2.45, 2.75) is 32.9 Å². The van der Waals surface area contributed by atoms with Gasteiger partial charge in [0.2, 0.25) is 5.91 Å². The second-order valence-corrected chi connectivity index (χ2v) is 5.40. The molecule has 1 aromatic carbocycles. The lowest BCUT2D eigenvalue weighted by molar-refractivity contribution is -0.131. The molecule has 22 heavy (non-hydrogen) atoms. The number of carbonyl (C=O) groups is 1. The lowest BCUT2D eigenvalue weighted by Crippen LogP contribution is -2.26. The molecule has 0 saturated carbocycles. The number of hydrogen-bond donors (Lipinski definition) is 0. The van der Waals surface area contributed by atoms with E-state index >= 15 is 0 Å². The minimum absolute atomic E-state index is 0.109. The van der Waals surface area contributed by atoms with Gasteiger partial charge in [0.25, 0.3) is 0 Å². The summed E-state index contributed by atoms with van der Waals surface area (Å²) in [5, 5.41) is 0. The van der Waals surface area contributed by atoms with E-state index in [-0.39, 0.29) is 5.91 Å². The first kappa shape index (κ1) is 16.3. The highest BCUT2D eigenvalue weighted by Crippen LogP contribution is 2.10. The van der Waals surface area contributed by atoms with Crippen molar-refractivity contribution in [3.63, 3.8) is 0 Å². The molecule has 2 aromatic rings. The Kier molecular flexibility index (Phi) is 6.22. The van der Waals surface area contributed by atoms with Crippen molar-refractivity contribution in [2.24, 2.45) is 0 Å². The van der Waals surface area contributed by atoms with E-state index in [0.717, 1.165) is 23.5 Å². The van der Waals surface area contributed by atoms with Crippen molar-refractivity contribution in [1.82, 2.24) is 4.90 Å². The first-order valence-corrected chi connectivity index (χ1v) is 7.56. The van der Waals surface area contributed by atoms with Gasteiger partial charge >= 0.3 is 0 Å². The molecule has 1 heterocycles. The summed E-state index contributed by atoms with van der Waals surface area (Å²) >= 11 is 0. The summed E-state index contributed by atoms with van der Waals surface area (Å²) in [5.74, 6) is 1.79. The Bertz CT molecular complexity index is 577. The Balaban J connectivity index is 1.61. The van der Waals surface area contributed by atoms with Crippen molar-refractivity contribution >= 4 is 5.91 Å². The number of rotatable bonds is 8. The van der Waals surface area contributed by atoms with Gasteiger partial charge in [0.1, 0.15) is 11.5 Å². The van der Waals surface area contributed by atoms with Crippen LogP contribution in [0.5, 0.6) is 0 Å². The zero-order chi connectivity index (χ0) is 15.8. The summed E-state index contributed by atoms with van der Waals surface area (Å²) < 4.78 is 11.1. The largest absolute Gasteiger partial charge is 0.464 e. The molecule has 1 amide bonds. The van der Waals surface area contributed by atoms with E-state index in [1.54, 1.807) is 11.9 Å². The van der Waals surface area contributed by atoms with Crippen LogP contribution in [-0.4, -0.2) is 24.5 Å². The van der Waals surface area contributed by atoms with E-state index in [1.807, 2.05) is 49.4 Å². The Hall–Kier alpha value is -2.07. The first-order chi connectivity index (χ1) is 10.6. The fraction of sp³-hybridized carbons (Fsp3) is 0.389. The third-order valence-electron chi connectivity index (χ3n) is 3.41. The molecule has 0 radical (unpaired) electrons. The second-order valence-electron chi connectivity index (χ2n) is 5.40. The smallest absolute Gasteiger partial charge is 0.222 e. The van der Waals surface area contributed by atoms with Crippen LogP contribution in [0.3, 0.4) is 0 Å². The van der Waals surface area contributed by atoms with Crippen molar-refractivity contribution in [2.75, 3.05) is 13.7 Å². The topological polar surface area (TPSA) is 42.7 Å². The number of hydrogen-bond acceptors (Lipinski definition) is 3. The molecule has 1 aromatic heterocycles. The summed E-state index contributed by atoms with van der Waals surface area (Å²) in [6.07, 6.45) is 1.22. The highest BCUT2D eigenvalue weighted by atomic mass is 16.5. The monoisotopic (exact) mass is 301 g/mol. The van der Waals surface area contributed by atoms with Crippen LogP contribution in [0.2, 0.25) is 0 Å². The molecule has 4 nitrogen and oxygen atoms in total. The molecule has 0 aliphatic carbocycles. The maximum atomic E-state index is 12.0. The summed E-state index contributed by atoms with van der Waals surface area (Å²) in [5.41, 5.74) is 1.15. The summed E-state index contributed by atoms with van der Waals surface area (Å²) in [4.78, 5) is 13.7. The van der Waals surface area contributed by atoms with E-state index in [0.29, 0.717) is 26.2 Å². The van der Waals surface area contributed by atoms with Crippen LogP contribution in [-0.2, 0) is 22.7 Å². The number of benzene rings is 1. The minimum atomic E-state index is 0.109. The predicted molar refractivity (Wildman–Crippen MR) is 85.3 cm³/mol. The number of ether oxygens (including phenoxy) is 1. The zero-order valence-electron chi connectivity index (χ0n) is 13.2. The summed E-state index contributed by atoms with van der Waals surface area (Å²) in [6.45, 7) is 3.60. The van der Waals surface area contributed by atoms with Gasteiger partial charge in [0.15, 0.2) is 0 Å². The number of furan rings is 1. The molecule has 0 fully saturated rings. The van der Waals surface area contributed by atoms with Crippen LogP contribution in [0.1, 0.15) is 29.9 Å². The Morgan fingerprint density at radius 1 is 1.18 bits per heavy atom. The second kappa shape index (κ2) is 8.39. The van der Waals surface area contributed by atoms with E-state index < -0.39 is 0 Å². The molecule has 0 N–H and O–H groups in total. The predicted octanol–water partition coefficient (Wildman–Crippen LogP) is 3.54. The lowest BCUT2D eigenvalue weighted by Gasteiger charge is -2.15. The maximum absolute atomic E-state index is 12.0. The molecule has 0 unspecified atom stereocenters. The highest BCUT2D eigenvalue weighted by molar-refractivity contribution is 5.75. The molecule has 0 aliphatic heterocycles. The van der Waals surface area contributed by atoms with Crippen LogP contribution in [0.25, 0.3) is 0 Å². The van der Waals surface area contributed by atoms with E-state index in [9.17, 15) is 4.79 Å². The molecular weight excluding hydrogens is 278 g/mol. The van der Waals surface area contributed by atoms with Crippen LogP contribution < -0.4 is 0 Å². The van der Waals surface area contributed by atoms with Crippen LogP contribution in [0.15, 0.2) is 46.9 Å². The van der Waals surface area contributed by atoms with Gasteiger partial charge in [-0.05, 0) is 31.0 Å². The normalized spacial score (nSPS) is 10.6. The fourth-order valence-corrected chi connectivity index (χ4v) is 2.17. The van der Waals surface area contributed by atoms with Gasteiger partial charge in [-0.1, -0.05) is 30.3 Å². The lowest BCUT2D eigenvalue weighted by atomic mass is 10.2. The molecule has 4 heteroatoms. The number of amides is 1. The quantitative estimate of drug-likeness (QED) is 0.700. The van der Waals surface area contributed by atoms with Crippen LogP contribution in [0, 0.1) is 6.92 Å².